The number of ether oxygens (including phenoxy) is 3. The molecular weight excluding hydrogens is 492 g/mol. The number of nitrogens with one attached hydrogen (secondary N) is 1. The molecule has 0 saturated carbocycles. The molecule has 0 unspecified atom stereocenters. The van der Waals surface area contributed by atoms with Crippen molar-refractivity contribution in [3.05, 3.63) is 108 Å². The molecule has 0 radical (unpaired) electrons. The fraction of sp³-hybridized carbons (Fsp3) is 0.125. The molecule has 0 saturated heterocycles. The number of fused-ring (bicyclic) bond motifs is 2. The summed E-state index contributed by atoms with van der Waals surface area (Å²) in [6.07, 6.45) is 3.78. The third-order valence-electron chi connectivity index (χ3n) is 6.41. The molecular formula is C32H28N2O5. The van der Waals surface area contributed by atoms with E-state index in [1.54, 1.807) is 44.7 Å². The Bertz CT molecular complexity index is 1660. The number of aromatic carboxylic acids is 1. The molecule has 0 fully saturated rings. The highest BCUT2D eigenvalue weighted by molar-refractivity contribution is 5.90. The van der Waals surface area contributed by atoms with E-state index in [0.717, 1.165) is 44.2 Å². The van der Waals surface area contributed by atoms with Crippen molar-refractivity contribution in [2.45, 2.75) is 0 Å². The lowest BCUT2D eigenvalue weighted by Gasteiger charge is -2.15. The van der Waals surface area contributed by atoms with Gasteiger partial charge in [0.05, 0.1) is 37.2 Å². The number of carbonyl (C=O) groups is 1. The van der Waals surface area contributed by atoms with E-state index in [-0.39, 0.29) is 5.56 Å². The summed E-state index contributed by atoms with van der Waals surface area (Å²) < 4.78 is 17.3. The number of pyridine rings is 1. The Balaban J connectivity index is 1.42. The molecule has 196 valence electrons. The number of nitrogens with zero attached hydrogens (tertiary/aromatic N) is 1. The van der Waals surface area contributed by atoms with Crippen LogP contribution < -0.4 is 19.5 Å². The predicted octanol–water partition coefficient (Wildman–Crippen LogP) is 6.68. The largest absolute Gasteiger partial charge is 0.493 e. The molecule has 5 aromatic rings. The lowest BCUT2D eigenvalue weighted by Crippen LogP contribution is -2.12. The van der Waals surface area contributed by atoms with Gasteiger partial charge in [-0.3, -0.25) is 4.98 Å². The summed E-state index contributed by atoms with van der Waals surface area (Å²) in [6, 6.07) is 26.6. The van der Waals surface area contributed by atoms with Crippen molar-refractivity contribution in [2.24, 2.45) is 0 Å². The van der Waals surface area contributed by atoms with Gasteiger partial charge >= 0.3 is 5.97 Å². The maximum absolute atomic E-state index is 11.3. The van der Waals surface area contributed by atoms with Gasteiger partial charge in [-0.1, -0.05) is 54.6 Å². The minimum Gasteiger partial charge on any atom is -0.493 e. The van der Waals surface area contributed by atoms with Crippen LogP contribution in [0.15, 0.2) is 96.7 Å². The van der Waals surface area contributed by atoms with Crippen LogP contribution in [0.2, 0.25) is 0 Å². The minimum absolute atomic E-state index is 0.241. The quantitative estimate of drug-likeness (QED) is 0.212. The SMILES string of the molecule is COc1ccc2ncc(NC/C(=C/c3ccc(C(=O)O)cc3)COc3cccc4ccccc34)cc2c1OC. The predicted molar refractivity (Wildman–Crippen MR) is 154 cm³/mol. The maximum Gasteiger partial charge on any atom is 0.335 e. The molecule has 5 rings (SSSR count). The molecule has 1 aromatic heterocycles. The summed E-state index contributed by atoms with van der Waals surface area (Å²) in [4.78, 5) is 15.8. The van der Waals surface area contributed by atoms with Crippen molar-refractivity contribution in [1.82, 2.24) is 4.98 Å². The fourth-order valence-electron chi connectivity index (χ4n) is 4.43. The second-order valence-corrected chi connectivity index (χ2v) is 8.94. The van der Waals surface area contributed by atoms with E-state index < -0.39 is 5.97 Å². The third kappa shape index (κ3) is 5.78. The highest BCUT2D eigenvalue weighted by atomic mass is 16.5. The van der Waals surface area contributed by atoms with Gasteiger partial charge in [0.1, 0.15) is 12.4 Å². The number of hydrogen-bond donors (Lipinski definition) is 2. The topological polar surface area (TPSA) is 89.9 Å². The van der Waals surface area contributed by atoms with Gasteiger partial charge < -0.3 is 24.6 Å². The van der Waals surface area contributed by atoms with Crippen LogP contribution in [0.5, 0.6) is 17.2 Å². The van der Waals surface area contributed by atoms with Crippen LogP contribution in [-0.2, 0) is 0 Å². The number of carboxylic acid groups (broad SMARTS) is 1. The molecule has 0 amide bonds. The summed E-state index contributed by atoms with van der Waals surface area (Å²) in [5.41, 5.74) is 3.69. The number of benzene rings is 4. The summed E-state index contributed by atoms with van der Waals surface area (Å²) in [6.45, 7) is 0.810. The smallest absolute Gasteiger partial charge is 0.335 e. The monoisotopic (exact) mass is 520 g/mol. The van der Waals surface area contributed by atoms with Gasteiger partial charge in [-0.15, -0.1) is 0 Å². The average Bonchev–Trinajstić information content (AvgIpc) is 2.97. The zero-order valence-electron chi connectivity index (χ0n) is 21.7. The molecule has 4 aromatic carbocycles. The molecule has 0 aliphatic heterocycles. The van der Waals surface area contributed by atoms with E-state index in [1.165, 1.54) is 0 Å². The van der Waals surface area contributed by atoms with Gasteiger partial charge in [-0.25, -0.2) is 4.79 Å². The Morgan fingerprint density at radius 2 is 1.69 bits per heavy atom. The molecule has 7 heteroatoms. The average molecular weight is 521 g/mol. The van der Waals surface area contributed by atoms with Crippen LogP contribution >= 0.6 is 0 Å². The maximum atomic E-state index is 11.3. The molecule has 1 heterocycles. The van der Waals surface area contributed by atoms with Crippen LogP contribution in [-0.4, -0.2) is 43.4 Å². The number of aromatic nitrogens is 1. The number of methoxy groups -OCH3 is 2. The lowest BCUT2D eigenvalue weighted by molar-refractivity contribution is 0.0697. The number of rotatable bonds is 10. The molecule has 0 aliphatic carbocycles. The summed E-state index contributed by atoms with van der Waals surface area (Å²) >= 11 is 0. The number of anilines is 1. The van der Waals surface area contributed by atoms with Gasteiger partial charge in [0, 0.05) is 17.3 Å². The highest BCUT2D eigenvalue weighted by Gasteiger charge is 2.11. The van der Waals surface area contributed by atoms with Crippen LogP contribution in [0.1, 0.15) is 15.9 Å². The first kappa shape index (κ1) is 25.6. The van der Waals surface area contributed by atoms with Gasteiger partial charge in [0.15, 0.2) is 11.5 Å². The first-order valence-electron chi connectivity index (χ1n) is 12.4. The molecule has 0 spiro atoms. The Morgan fingerprint density at radius 1 is 0.897 bits per heavy atom. The van der Waals surface area contributed by atoms with E-state index in [4.69, 9.17) is 14.2 Å². The van der Waals surface area contributed by atoms with E-state index in [9.17, 15) is 9.90 Å². The third-order valence-corrected chi connectivity index (χ3v) is 6.41. The van der Waals surface area contributed by atoms with Crippen molar-refractivity contribution in [2.75, 3.05) is 32.7 Å². The summed E-state index contributed by atoms with van der Waals surface area (Å²) in [5, 5.41) is 15.7. The van der Waals surface area contributed by atoms with Crippen molar-refractivity contribution in [3.8, 4) is 17.2 Å². The van der Waals surface area contributed by atoms with Crippen molar-refractivity contribution >= 4 is 39.4 Å². The molecule has 0 atom stereocenters. The zero-order chi connectivity index (χ0) is 27.2. The van der Waals surface area contributed by atoms with Gasteiger partial charge in [-0.05, 0) is 52.9 Å². The van der Waals surface area contributed by atoms with Crippen molar-refractivity contribution in [3.63, 3.8) is 0 Å². The van der Waals surface area contributed by atoms with E-state index in [0.29, 0.717) is 24.7 Å². The summed E-state index contributed by atoms with van der Waals surface area (Å²) in [7, 11) is 3.22. The van der Waals surface area contributed by atoms with E-state index in [2.05, 4.69) is 22.4 Å². The van der Waals surface area contributed by atoms with Crippen LogP contribution in [0.4, 0.5) is 5.69 Å². The standard InChI is InChI=1S/C32H28N2O5/c1-37-30-15-14-28-27(31(30)38-2)17-25(19-34-28)33-18-22(16-21-10-12-24(13-11-21)32(35)36)20-39-29-9-5-7-23-6-3-4-8-26(23)29/h3-17,19,33H,18,20H2,1-2H3,(H,35,36)/b22-16-. The van der Waals surface area contributed by atoms with Crippen LogP contribution in [0, 0.1) is 0 Å². The van der Waals surface area contributed by atoms with E-state index in [1.807, 2.05) is 54.6 Å². The van der Waals surface area contributed by atoms with Crippen LogP contribution in [0.25, 0.3) is 27.8 Å². The van der Waals surface area contributed by atoms with Crippen LogP contribution in [0.3, 0.4) is 0 Å². The van der Waals surface area contributed by atoms with Gasteiger partial charge in [-0.2, -0.15) is 0 Å². The Labute approximate surface area is 226 Å². The van der Waals surface area contributed by atoms with E-state index >= 15 is 0 Å². The Morgan fingerprint density at radius 3 is 2.46 bits per heavy atom. The first-order valence-corrected chi connectivity index (χ1v) is 12.4. The lowest BCUT2D eigenvalue weighted by atomic mass is 10.1. The number of carboxylic acids is 1. The minimum atomic E-state index is -0.956. The first-order chi connectivity index (χ1) is 19.1. The zero-order valence-corrected chi connectivity index (χ0v) is 21.7. The second-order valence-electron chi connectivity index (χ2n) is 8.94. The Kier molecular flexibility index (Phi) is 7.59. The van der Waals surface area contributed by atoms with Crippen molar-refractivity contribution in [1.29, 1.82) is 0 Å². The fourth-order valence-corrected chi connectivity index (χ4v) is 4.43. The Hall–Kier alpha value is -5.04. The highest BCUT2D eigenvalue weighted by Crippen LogP contribution is 2.35. The molecule has 39 heavy (non-hydrogen) atoms. The second kappa shape index (κ2) is 11.6. The number of hydrogen-bond acceptors (Lipinski definition) is 6. The molecule has 0 bridgehead atoms. The summed E-state index contributed by atoms with van der Waals surface area (Å²) in [5.74, 6) is 1.10. The molecule has 2 N–H and O–H groups in total. The van der Waals surface area contributed by atoms with Gasteiger partial charge in [0.25, 0.3) is 0 Å². The normalized spacial score (nSPS) is 11.4. The molecule has 0 aliphatic rings. The molecule has 7 nitrogen and oxygen atoms in total. The van der Waals surface area contributed by atoms with Crippen molar-refractivity contribution < 1.29 is 24.1 Å². The van der Waals surface area contributed by atoms with Gasteiger partial charge in [0.2, 0.25) is 0 Å².